The maximum atomic E-state index is 13.1. The zero-order chi connectivity index (χ0) is 23.9. The van der Waals surface area contributed by atoms with Gasteiger partial charge in [0.2, 0.25) is 0 Å². The quantitative estimate of drug-likeness (QED) is 0.316. The zero-order valence-corrected chi connectivity index (χ0v) is 20.7. The fraction of sp³-hybridized carbons (Fsp3) is 0.250. The zero-order valence-electron chi connectivity index (χ0n) is 18.4. The number of halogens is 2. The number of rotatable bonds is 6. The highest BCUT2D eigenvalue weighted by Gasteiger charge is 2.40. The minimum atomic E-state index is -0.450. The van der Waals surface area contributed by atoms with E-state index in [4.69, 9.17) is 11.6 Å². The Bertz CT molecular complexity index is 1390. The van der Waals surface area contributed by atoms with E-state index in [-0.39, 0.29) is 17.5 Å². The Balaban J connectivity index is 1.32. The van der Waals surface area contributed by atoms with Crippen LogP contribution in [0, 0.1) is 0 Å². The standard InChI is InChI=1S/C24H22BrClN6O2/c1-2-17-19(26)20(31-30-17)23(34)27-15-8-6-14(7-9-15)24(10-4-11-24)29-22(33)18-13-32-12-3-5-16(25)21(32)28-18/h3,5-9,12-13H,2,4,10-11H2,1H3,(H,27,34)(H,29,33)(H,30,31). The average molecular weight is 542 g/mol. The number of hydrogen-bond donors (Lipinski definition) is 3. The molecule has 10 heteroatoms. The number of hydrogen-bond acceptors (Lipinski definition) is 4. The number of pyridine rings is 1. The third-order valence-corrected chi connectivity index (χ3v) is 7.29. The number of carbonyl (C=O) groups excluding carboxylic acids is 2. The van der Waals surface area contributed by atoms with Gasteiger partial charge in [-0.15, -0.1) is 0 Å². The maximum Gasteiger partial charge on any atom is 0.277 e. The van der Waals surface area contributed by atoms with Crippen molar-refractivity contribution >= 4 is 50.7 Å². The van der Waals surface area contributed by atoms with Gasteiger partial charge < -0.3 is 15.0 Å². The Morgan fingerprint density at radius 1 is 1.21 bits per heavy atom. The van der Waals surface area contributed by atoms with Crippen molar-refractivity contribution in [3.8, 4) is 0 Å². The lowest BCUT2D eigenvalue weighted by Crippen LogP contribution is -2.50. The number of H-pyrrole nitrogens is 1. The van der Waals surface area contributed by atoms with E-state index in [1.54, 1.807) is 6.20 Å². The van der Waals surface area contributed by atoms with E-state index in [0.29, 0.717) is 28.5 Å². The first-order valence-corrected chi connectivity index (χ1v) is 12.2. The lowest BCUT2D eigenvalue weighted by Gasteiger charge is -2.43. The Morgan fingerprint density at radius 2 is 1.97 bits per heavy atom. The molecular formula is C24H22BrClN6O2. The molecule has 174 valence electrons. The Morgan fingerprint density at radius 3 is 2.59 bits per heavy atom. The molecule has 1 aliphatic carbocycles. The number of nitrogens with one attached hydrogen (secondary N) is 3. The number of aromatic amines is 1. The van der Waals surface area contributed by atoms with Crippen LogP contribution in [0.25, 0.3) is 5.65 Å². The molecular weight excluding hydrogens is 520 g/mol. The molecule has 0 bridgehead atoms. The SMILES string of the molecule is CCc1[nH]nc(C(=O)Nc2ccc(C3(NC(=O)c4cn5cccc(Br)c5n4)CCC3)cc2)c1Cl. The number of nitrogens with zero attached hydrogens (tertiary/aromatic N) is 3. The smallest absolute Gasteiger partial charge is 0.277 e. The van der Waals surface area contributed by atoms with Crippen LogP contribution in [-0.2, 0) is 12.0 Å². The Hall–Kier alpha value is -3.17. The van der Waals surface area contributed by atoms with Gasteiger partial charge in [-0.3, -0.25) is 14.7 Å². The third-order valence-electron chi connectivity index (χ3n) is 6.27. The van der Waals surface area contributed by atoms with E-state index in [1.807, 2.05) is 53.9 Å². The molecule has 8 nitrogen and oxygen atoms in total. The summed E-state index contributed by atoms with van der Waals surface area (Å²) in [4.78, 5) is 30.1. The van der Waals surface area contributed by atoms with Crippen molar-refractivity contribution in [3.05, 3.63) is 80.9 Å². The molecule has 1 aliphatic rings. The highest BCUT2D eigenvalue weighted by atomic mass is 79.9. The van der Waals surface area contributed by atoms with Gasteiger partial charge in [-0.25, -0.2) is 4.98 Å². The first-order chi connectivity index (χ1) is 16.4. The van der Waals surface area contributed by atoms with Crippen LogP contribution in [0.5, 0.6) is 0 Å². The molecule has 1 fully saturated rings. The van der Waals surface area contributed by atoms with E-state index in [0.717, 1.165) is 35.0 Å². The first-order valence-electron chi connectivity index (χ1n) is 11.0. The lowest BCUT2D eigenvalue weighted by atomic mass is 9.71. The van der Waals surface area contributed by atoms with Crippen LogP contribution in [0.15, 0.2) is 53.3 Å². The lowest BCUT2D eigenvalue weighted by molar-refractivity contribution is 0.0818. The van der Waals surface area contributed by atoms with Gasteiger partial charge in [0.15, 0.2) is 11.3 Å². The van der Waals surface area contributed by atoms with Gasteiger partial charge in [0.25, 0.3) is 11.8 Å². The van der Waals surface area contributed by atoms with Crippen molar-refractivity contribution in [2.24, 2.45) is 0 Å². The maximum absolute atomic E-state index is 13.1. The molecule has 1 aromatic carbocycles. The minimum absolute atomic E-state index is 0.171. The van der Waals surface area contributed by atoms with Gasteiger partial charge >= 0.3 is 0 Å². The van der Waals surface area contributed by atoms with Crippen molar-refractivity contribution in [2.45, 2.75) is 38.1 Å². The molecule has 0 saturated heterocycles. The number of imidazole rings is 1. The molecule has 34 heavy (non-hydrogen) atoms. The summed E-state index contributed by atoms with van der Waals surface area (Å²) in [6, 6.07) is 11.3. The Kier molecular flexibility index (Phi) is 5.91. The predicted molar refractivity (Wildman–Crippen MR) is 133 cm³/mol. The van der Waals surface area contributed by atoms with E-state index in [2.05, 4.69) is 41.7 Å². The van der Waals surface area contributed by atoms with Crippen molar-refractivity contribution in [1.29, 1.82) is 0 Å². The van der Waals surface area contributed by atoms with Crippen LogP contribution in [0.3, 0.4) is 0 Å². The van der Waals surface area contributed by atoms with Crippen molar-refractivity contribution < 1.29 is 9.59 Å². The second kappa shape index (κ2) is 8.88. The summed E-state index contributed by atoms with van der Waals surface area (Å²) in [6.45, 7) is 1.93. The molecule has 2 amide bonds. The van der Waals surface area contributed by atoms with Crippen LogP contribution in [0.1, 0.15) is 58.4 Å². The summed E-state index contributed by atoms with van der Waals surface area (Å²) >= 11 is 9.70. The number of anilines is 1. The fourth-order valence-corrected chi connectivity index (χ4v) is 4.95. The second-order valence-electron chi connectivity index (χ2n) is 8.35. The van der Waals surface area contributed by atoms with Crippen molar-refractivity contribution in [1.82, 2.24) is 24.9 Å². The van der Waals surface area contributed by atoms with Crippen LogP contribution in [-0.4, -0.2) is 31.4 Å². The molecule has 0 radical (unpaired) electrons. The summed E-state index contributed by atoms with van der Waals surface area (Å²) in [5, 5.41) is 13.2. The summed E-state index contributed by atoms with van der Waals surface area (Å²) in [6.07, 6.45) is 6.94. The molecule has 3 heterocycles. The third kappa shape index (κ3) is 3.99. The number of benzene rings is 1. The summed E-state index contributed by atoms with van der Waals surface area (Å²) in [5.74, 6) is -0.592. The predicted octanol–water partition coefficient (Wildman–Crippen LogP) is 5.10. The van der Waals surface area contributed by atoms with E-state index < -0.39 is 5.54 Å². The van der Waals surface area contributed by atoms with Crippen LogP contribution in [0.2, 0.25) is 5.02 Å². The highest BCUT2D eigenvalue weighted by molar-refractivity contribution is 9.10. The van der Waals surface area contributed by atoms with Crippen molar-refractivity contribution in [3.63, 3.8) is 0 Å². The molecule has 1 saturated carbocycles. The molecule has 0 spiro atoms. The van der Waals surface area contributed by atoms with Crippen LogP contribution >= 0.6 is 27.5 Å². The fourth-order valence-electron chi connectivity index (χ4n) is 4.20. The van der Waals surface area contributed by atoms with Gasteiger partial charge in [-0.2, -0.15) is 5.10 Å². The number of amides is 2. The first kappa shape index (κ1) is 22.6. The van der Waals surface area contributed by atoms with Gasteiger partial charge in [0.05, 0.1) is 20.7 Å². The average Bonchev–Trinajstić information content (AvgIpc) is 3.41. The van der Waals surface area contributed by atoms with E-state index >= 15 is 0 Å². The normalized spacial score (nSPS) is 14.6. The monoisotopic (exact) mass is 540 g/mol. The Labute approximate surface area is 209 Å². The summed E-state index contributed by atoms with van der Waals surface area (Å²) in [7, 11) is 0. The highest BCUT2D eigenvalue weighted by Crippen LogP contribution is 2.42. The largest absolute Gasteiger partial charge is 0.341 e. The minimum Gasteiger partial charge on any atom is -0.341 e. The van der Waals surface area contributed by atoms with Crippen LogP contribution in [0.4, 0.5) is 5.69 Å². The molecule has 3 N–H and O–H groups in total. The number of fused-ring (bicyclic) bond motifs is 1. The summed E-state index contributed by atoms with van der Waals surface area (Å²) < 4.78 is 2.64. The van der Waals surface area contributed by atoms with E-state index in [9.17, 15) is 9.59 Å². The number of aryl methyl sites for hydroxylation is 1. The molecule has 4 aromatic rings. The molecule has 0 atom stereocenters. The molecule has 5 rings (SSSR count). The summed E-state index contributed by atoms with van der Waals surface area (Å²) in [5.41, 5.74) is 3.11. The molecule has 3 aromatic heterocycles. The number of aromatic nitrogens is 4. The van der Waals surface area contributed by atoms with E-state index in [1.165, 1.54) is 0 Å². The molecule has 0 aliphatic heterocycles. The van der Waals surface area contributed by atoms with Crippen LogP contribution < -0.4 is 10.6 Å². The van der Waals surface area contributed by atoms with Gasteiger partial charge in [-0.05, 0) is 71.4 Å². The van der Waals surface area contributed by atoms with Gasteiger partial charge in [0.1, 0.15) is 5.69 Å². The second-order valence-corrected chi connectivity index (χ2v) is 9.59. The van der Waals surface area contributed by atoms with Gasteiger partial charge in [-0.1, -0.05) is 30.7 Å². The van der Waals surface area contributed by atoms with Crippen molar-refractivity contribution in [2.75, 3.05) is 5.32 Å². The molecule has 0 unspecified atom stereocenters. The van der Waals surface area contributed by atoms with Gasteiger partial charge in [0, 0.05) is 18.1 Å². The number of carbonyl (C=O) groups is 2. The topological polar surface area (TPSA) is 104 Å².